The van der Waals surface area contributed by atoms with E-state index < -0.39 is 15.1 Å². The average Bonchev–Trinajstić information content (AvgIpc) is 3.09. The normalized spacial score (nSPS) is 18.0. The van der Waals surface area contributed by atoms with E-state index in [0.717, 1.165) is 12.1 Å². The van der Waals surface area contributed by atoms with Crippen molar-refractivity contribution in [3.8, 4) is 0 Å². The smallest absolute Gasteiger partial charge is 0.157 e. The molecule has 1 saturated carbocycles. The van der Waals surface area contributed by atoms with Gasteiger partial charge in [0.2, 0.25) is 0 Å². The Morgan fingerprint density at radius 3 is 2.47 bits per heavy atom. The molecule has 17 heavy (non-hydrogen) atoms. The second kappa shape index (κ2) is 4.70. The third-order valence-electron chi connectivity index (χ3n) is 2.90. The zero-order valence-corrected chi connectivity index (χ0v) is 10.9. The van der Waals surface area contributed by atoms with Crippen LogP contribution in [0.15, 0.2) is 12.4 Å². The standard InChI is InChI=1S/C11H17N3O2S/c1-8(17(2,15)16)11-13-6-9(7-14-11)5-12-10-3-4-10/h6-8,10,12H,3-5H2,1-2H3. The Morgan fingerprint density at radius 1 is 1.41 bits per heavy atom. The number of sulfone groups is 1. The van der Waals surface area contributed by atoms with Crippen LogP contribution in [0.25, 0.3) is 0 Å². The van der Waals surface area contributed by atoms with Crippen molar-refractivity contribution >= 4 is 9.84 Å². The monoisotopic (exact) mass is 255 g/mol. The van der Waals surface area contributed by atoms with Gasteiger partial charge in [-0.05, 0) is 19.8 Å². The van der Waals surface area contributed by atoms with Gasteiger partial charge in [0.15, 0.2) is 9.84 Å². The van der Waals surface area contributed by atoms with E-state index in [1.54, 1.807) is 19.3 Å². The van der Waals surface area contributed by atoms with Gasteiger partial charge < -0.3 is 5.32 Å². The van der Waals surface area contributed by atoms with E-state index in [1.807, 2.05) is 0 Å². The molecule has 0 aliphatic heterocycles. The molecule has 0 saturated heterocycles. The van der Waals surface area contributed by atoms with Crippen LogP contribution in [-0.4, -0.2) is 30.7 Å². The predicted molar refractivity (Wildman–Crippen MR) is 65.2 cm³/mol. The molecule has 1 aliphatic carbocycles. The number of hydrogen-bond acceptors (Lipinski definition) is 5. The van der Waals surface area contributed by atoms with Crippen LogP contribution in [0, 0.1) is 0 Å². The van der Waals surface area contributed by atoms with Crippen molar-refractivity contribution in [2.75, 3.05) is 6.26 Å². The minimum Gasteiger partial charge on any atom is -0.310 e. The summed E-state index contributed by atoms with van der Waals surface area (Å²) in [6.45, 7) is 2.35. The van der Waals surface area contributed by atoms with Gasteiger partial charge in [-0.3, -0.25) is 0 Å². The number of aromatic nitrogens is 2. The van der Waals surface area contributed by atoms with Gasteiger partial charge in [0, 0.05) is 36.8 Å². The van der Waals surface area contributed by atoms with E-state index in [-0.39, 0.29) is 0 Å². The molecule has 0 amide bonds. The van der Waals surface area contributed by atoms with Gasteiger partial charge in [0.05, 0.1) is 0 Å². The summed E-state index contributed by atoms with van der Waals surface area (Å²) in [5, 5.41) is 2.71. The van der Waals surface area contributed by atoms with Gasteiger partial charge in [0.1, 0.15) is 11.1 Å². The van der Waals surface area contributed by atoms with Crippen molar-refractivity contribution in [3.63, 3.8) is 0 Å². The molecule has 1 aromatic rings. The zero-order chi connectivity index (χ0) is 12.5. The Kier molecular flexibility index (Phi) is 3.44. The molecule has 1 N–H and O–H groups in total. The van der Waals surface area contributed by atoms with Crippen molar-refractivity contribution in [3.05, 3.63) is 23.8 Å². The fraction of sp³-hybridized carbons (Fsp3) is 0.636. The predicted octanol–water partition coefficient (Wildman–Crippen LogP) is 0.834. The third kappa shape index (κ3) is 3.47. The van der Waals surface area contributed by atoms with Gasteiger partial charge >= 0.3 is 0 Å². The van der Waals surface area contributed by atoms with Crippen LogP contribution < -0.4 is 5.32 Å². The zero-order valence-electron chi connectivity index (χ0n) is 10.0. The molecule has 1 aromatic heterocycles. The molecule has 0 spiro atoms. The molecule has 0 radical (unpaired) electrons. The second-order valence-corrected chi connectivity index (χ2v) is 6.94. The summed E-state index contributed by atoms with van der Waals surface area (Å²) in [5.41, 5.74) is 0.987. The van der Waals surface area contributed by atoms with Crippen molar-refractivity contribution in [2.45, 2.75) is 37.6 Å². The maximum Gasteiger partial charge on any atom is 0.157 e. The van der Waals surface area contributed by atoms with Gasteiger partial charge in [-0.25, -0.2) is 18.4 Å². The highest BCUT2D eigenvalue weighted by Crippen LogP contribution is 2.19. The molecule has 0 bridgehead atoms. The highest BCUT2D eigenvalue weighted by molar-refractivity contribution is 7.90. The number of nitrogens with zero attached hydrogens (tertiary/aromatic N) is 2. The van der Waals surface area contributed by atoms with E-state index in [1.165, 1.54) is 19.1 Å². The Morgan fingerprint density at radius 2 is 2.00 bits per heavy atom. The quantitative estimate of drug-likeness (QED) is 0.844. The lowest BCUT2D eigenvalue weighted by Crippen LogP contribution is -2.16. The lowest BCUT2D eigenvalue weighted by Gasteiger charge is -2.08. The molecule has 1 heterocycles. The first kappa shape index (κ1) is 12.4. The van der Waals surface area contributed by atoms with Gasteiger partial charge in [-0.2, -0.15) is 0 Å². The van der Waals surface area contributed by atoms with Crippen molar-refractivity contribution in [1.82, 2.24) is 15.3 Å². The van der Waals surface area contributed by atoms with Crippen LogP contribution in [0.1, 0.15) is 36.4 Å². The molecule has 94 valence electrons. The van der Waals surface area contributed by atoms with E-state index in [2.05, 4.69) is 15.3 Å². The van der Waals surface area contributed by atoms with Crippen LogP contribution in [0.4, 0.5) is 0 Å². The highest BCUT2D eigenvalue weighted by atomic mass is 32.2. The molecule has 6 heteroatoms. The Labute approximate surface area is 102 Å². The molecule has 1 fully saturated rings. The Hall–Kier alpha value is -1.01. The van der Waals surface area contributed by atoms with Crippen LogP contribution in [-0.2, 0) is 16.4 Å². The van der Waals surface area contributed by atoms with Crippen molar-refractivity contribution in [1.29, 1.82) is 0 Å². The summed E-state index contributed by atoms with van der Waals surface area (Å²) < 4.78 is 22.7. The second-order valence-electron chi connectivity index (χ2n) is 4.58. The number of hydrogen-bond donors (Lipinski definition) is 1. The third-order valence-corrected chi connectivity index (χ3v) is 4.40. The molecule has 1 atom stereocenters. The largest absolute Gasteiger partial charge is 0.310 e. The van der Waals surface area contributed by atoms with E-state index in [4.69, 9.17) is 0 Å². The van der Waals surface area contributed by atoms with Crippen LogP contribution in [0.5, 0.6) is 0 Å². The van der Waals surface area contributed by atoms with Gasteiger partial charge in [-0.1, -0.05) is 0 Å². The first-order valence-corrected chi connectivity index (χ1v) is 7.65. The minimum absolute atomic E-state index is 0.364. The Bertz CT molecular complexity index is 480. The molecular weight excluding hydrogens is 238 g/mol. The maximum atomic E-state index is 11.3. The fourth-order valence-corrected chi connectivity index (χ4v) is 1.91. The summed E-state index contributed by atoms with van der Waals surface area (Å²) >= 11 is 0. The molecule has 2 rings (SSSR count). The number of rotatable bonds is 5. The summed E-state index contributed by atoms with van der Waals surface area (Å²) in [7, 11) is -3.13. The summed E-state index contributed by atoms with van der Waals surface area (Å²) in [6.07, 6.45) is 7.07. The summed E-state index contributed by atoms with van der Waals surface area (Å²) in [4.78, 5) is 8.23. The van der Waals surface area contributed by atoms with Crippen LogP contribution >= 0.6 is 0 Å². The first-order chi connectivity index (χ1) is 7.97. The maximum absolute atomic E-state index is 11.3. The van der Waals surface area contributed by atoms with E-state index in [0.29, 0.717) is 11.9 Å². The topological polar surface area (TPSA) is 72.0 Å². The van der Waals surface area contributed by atoms with Crippen molar-refractivity contribution in [2.24, 2.45) is 0 Å². The number of nitrogens with one attached hydrogen (secondary N) is 1. The minimum atomic E-state index is -3.13. The van der Waals surface area contributed by atoms with Crippen molar-refractivity contribution < 1.29 is 8.42 Å². The first-order valence-electron chi connectivity index (χ1n) is 5.70. The lowest BCUT2D eigenvalue weighted by molar-refractivity contribution is 0.588. The van der Waals surface area contributed by atoms with Crippen LogP contribution in [0.3, 0.4) is 0 Å². The molecular formula is C11H17N3O2S. The Balaban J connectivity index is 2.01. The van der Waals surface area contributed by atoms with E-state index >= 15 is 0 Å². The fourth-order valence-electron chi connectivity index (χ4n) is 1.41. The molecule has 0 aromatic carbocycles. The summed E-state index contributed by atoms with van der Waals surface area (Å²) in [5.74, 6) is 0.364. The lowest BCUT2D eigenvalue weighted by atomic mass is 10.3. The SMILES string of the molecule is CC(c1ncc(CNC2CC2)cn1)S(C)(=O)=O. The van der Waals surface area contributed by atoms with Gasteiger partial charge in [0.25, 0.3) is 0 Å². The summed E-state index contributed by atoms with van der Waals surface area (Å²) in [6, 6.07) is 0.643. The highest BCUT2D eigenvalue weighted by Gasteiger charge is 2.21. The van der Waals surface area contributed by atoms with Gasteiger partial charge in [-0.15, -0.1) is 0 Å². The van der Waals surface area contributed by atoms with Crippen LogP contribution in [0.2, 0.25) is 0 Å². The molecule has 1 unspecified atom stereocenters. The molecule has 5 nitrogen and oxygen atoms in total. The molecule has 1 aliphatic rings. The van der Waals surface area contributed by atoms with E-state index in [9.17, 15) is 8.42 Å². The average molecular weight is 255 g/mol.